The zero-order valence-electron chi connectivity index (χ0n) is 9.72. The maximum Gasteiger partial charge on any atom is 0.390 e. The number of nitrogens with one attached hydrogen (secondary N) is 1. The maximum atomic E-state index is 12.3. The van der Waals surface area contributed by atoms with Gasteiger partial charge in [0.2, 0.25) is 0 Å². The van der Waals surface area contributed by atoms with Crippen molar-refractivity contribution in [3.05, 3.63) is 28.2 Å². The summed E-state index contributed by atoms with van der Waals surface area (Å²) in [6.45, 7) is 0. The standard InChI is InChI=1S/C11H14BrF3N2O/c1-18-9-2-3-10(12)7(5-9)4-8(17-16)6-11(13,14)15/h2-3,5,8,17H,4,6,16H2,1H3. The van der Waals surface area contributed by atoms with Gasteiger partial charge in [-0.3, -0.25) is 11.3 Å². The number of nitrogens with two attached hydrogens (primary N) is 1. The monoisotopic (exact) mass is 326 g/mol. The Morgan fingerprint density at radius 1 is 1.44 bits per heavy atom. The lowest BCUT2D eigenvalue weighted by atomic mass is 10.0. The van der Waals surface area contributed by atoms with E-state index in [1.54, 1.807) is 18.2 Å². The largest absolute Gasteiger partial charge is 0.497 e. The fraction of sp³-hybridized carbons (Fsp3) is 0.455. The van der Waals surface area contributed by atoms with E-state index < -0.39 is 18.6 Å². The van der Waals surface area contributed by atoms with Crippen molar-refractivity contribution in [3.63, 3.8) is 0 Å². The van der Waals surface area contributed by atoms with E-state index in [9.17, 15) is 13.2 Å². The predicted molar refractivity (Wildman–Crippen MR) is 66.2 cm³/mol. The lowest BCUT2D eigenvalue weighted by Gasteiger charge is -2.18. The summed E-state index contributed by atoms with van der Waals surface area (Å²) in [4.78, 5) is 0. The molecule has 1 atom stereocenters. The van der Waals surface area contributed by atoms with Gasteiger partial charge in [0.15, 0.2) is 0 Å². The second kappa shape index (κ2) is 6.40. The van der Waals surface area contributed by atoms with Crippen LogP contribution in [0.2, 0.25) is 0 Å². The number of halogens is 4. The number of hydrazine groups is 1. The van der Waals surface area contributed by atoms with Gasteiger partial charge >= 0.3 is 6.18 Å². The fourth-order valence-electron chi connectivity index (χ4n) is 1.57. The van der Waals surface area contributed by atoms with Gasteiger partial charge in [-0.05, 0) is 30.2 Å². The van der Waals surface area contributed by atoms with Gasteiger partial charge in [0, 0.05) is 10.5 Å². The average molecular weight is 327 g/mol. The van der Waals surface area contributed by atoms with Gasteiger partial charge in [-0.2, -0.15) is 13.2 Å². The van der Waals surface area contributed by atoms with E-state index in [0.29, 0.717) is 11.3 Å². The van der Waals surface area contributed by atoms with E-state index in [4.69, 9.17) is 10.6 Å². The van der Waals surface area contributed by atoms with Crippen molar-refractivity contribution in [2.75, 3.05) is 7.11 Å². The van der Waals surface area contributed by atoms with Crippen LogP contribution in [0.5, 0.6) is 5.75 Å². The molecule has 18 heavy (non-hydrogen) atoms. The number of benzene rings is 1. The third-order valence-corrected chi connectivity index (χ3v) is 3.21. The Labute approximate surface area is 112 Å². The van der Waals surface area contributed by atoms with Crippen molar-refractivity contribution < 1.29 is 17.9 Å². The lowest BCUT2D eigenvalue weighted by Crippen LogP contribution is -2.40. The van der Waals surface area contributed by atoms with Crippen LogP contribution in [-0.4, -0.2) is 19.3 Å². The lowest BCUT2D eigenvalue weighted by molar-refractivity contribution is -0.140. The highest BCUT2D eigenvalue weighted by atomic mass is 79.9. The highest BCUT2D eigenvalue weighted by Crippen LogP contribution is 2.27. The Morgan fingerprint density at radius 2 is 2.11 bits per heavy atom. The summed E-state index contributed by atoms with van der Waals surface area (Å²) in [5.74, 6) is 5.75. The minimum Gasteiger partial charge on any atom is -0.497 e. The van der Waals surface area contributed by atoms with E-state index in [-0.39, 0.29) is 6.42 Å². The highest BCUT2D eigenvalue weighted by Gasteiger charge is 2.31. The fourth-order valence-corrected chi connectivity index (χ4v) is 1.98. The first-order valence-corrected chi connectivity index (χ1v) is 6.00. The summed E-state index contributed by atoms with van der Waals surface area (Å²) in [5.41, 5.74) is 2.90. The topological polar surface area (TPSA) is 47.3 Å². The number of rotatable bonds is 5. The van der Waals surface area contributed by atoms with E-state index in [0.717, 1.165) is 4.47 Å². The summed E-state index contributed by atoms with van der Waals surface area (Å²) in [5, 5.41) is 0. The number of ether oxygens (including phenoxy) is 1. The van der Waals surface area contributed by atoms with Gasteiger partial charge in [-0.15, -0.1) is 0 Å². The molecule has 0 aliphatic heterocycles. The Hall–Kier alpha value is -0.790. The van der Waals surface area contributed by atoms with E-state index in [1.165, 1.54) is 7.11 Å². The maximum absolute atomic E-state index is 12.3. The number of hydrogen-bond acceptors (Lipinski definition) is 3. The third kappa shape index (κ3) is 4.83. The molecule has 0 aliphatic rings. The molecule has 1 unspecified atom stereocenters. The molecule has 102 valence electrons. The Balaban J connectivity index is 2.81. The van der Waals surface area contributed by atoms with E-state index in [2.05, 4.69) is 21.4 Å². The van der Waals surface area contributed by atoms with E-state index >= 15 is 0 Å². The number of hydrogen-bond donors (Lipinski definition) is 2. The molecule has 0 radical (unpaired) electrons. The number of methoxy groups -OCH3 is 1. The molecule has 0 saturated carbocycles. The molecule has 1 aromatic rings. The van der Waals surface area contributed by atoms with Gasteiger partial charge in [0.25, 0.3) is 0 Å². The van der Waals surface area contributed by atoms with Gasteiger partial charge in [0.05, 0.1) is 13.5 Å². The first-order chi connectivity index (χ1) is 8.35. The van der Waals surface area contributed by atoms with Crippen LogP contribution < -0.4 is 16.0 Å². The predicted octanol–water partition coefficient (Wildman–Crippen LogP) is 2.78. The van der Waals surface area contributed by atoms with Crippen molar-refractivity contribution in [1.82, 2.24) is 5.43 Å². The van der Waals surface area contributed by atoms with Crippen LogP contribution in [0.1, 0.15) is 12.0 Å². The summed E-state index contributed by atoms with van der Waals surface area (Å²) in [6.07, 6.45) is -5.07. The van der Waals surface area contributed by atoms with E-state index in [1.807, 2.05) is 0 Å². The van der Waals surface area contributed by atoms with Gasteiger partial charge in [-0.1, -0.05) is 15.9 Å². The quantitative estimate of drug-likeness (QED) is 0.646. The van der Waals surface area contributed by atoms with Crippen LogP contribution in [-0.2, 0) is 6.42 Å². The molecule has 3 N–H and O–H groups in total. The van der Waals surface area contributed by atoms with Crippen molar-refractivity contribution in [1.29, 1.82) is 0 Å². The van der Waals surface area contributed by atoms with Crippen LogP contribution in [0.25, 0.3) is 0 Å². The van der Waals surface area contributed by atoms with Gasteiger partial charge in [0.1, 0.15) is 5.75 Å². The molecule has 0 aromatic heterocycles. The summed E-state index contributed by atoms with van der Waals surface area (Å²) in [7, 11) is 1.50. The third-order valence-electron chi connectivity index (χ3n) is 2.43. The molecular weight excluding hydrogens is 313 g/mol. The minimum atomic E-state index is -4.25. The van der Waals surface area contributed by atoms with Crippen molar-refractivity contribution in [3.8, 4) is 5.75 Å². The van der Waals surface area contributed by atoms with Crippen LogP contribution >= 0.6 is 15.9 Å². The smallest absolute Gasteiger partial charge is 0.390 e. The Bertz CT molecular complexity index is 398. The first kappa shape index (κ1) is 15.3. The van der Waals surface area contributed by atoms with Crippen LogP contribution in [0.4, 0.5) is 13.2 Å². The highest BCUT2D eigenvalue weighted by molar-refractivity contribution is 9.10. The Kier molecular flexibility index (Phi) is 5.43. The van der Waals surface area contributed by atoms with Crippen LogP contribution in [0, 0.1) is 0 Å². The van der Waals surface area contributed by atoms with Crippen molar-refractivity contribution >= 4 is 15.9 Å². The Morgan fingerprint density at radius 3 is 2.61 bits per heavy atom. The first-order valence-electron chi connectivity index (χ1n) is 5.21. The van der Waals surface area contributed by atoms with Crippen LogP contribution in [0.15, 0.2) is 22.7 Å². The molecule has 1 aromatic carbocycles. The molecule has 0 spiro atoms. The molecule has 7 heteroatoms. The second-order valence-electron chi connectivity index (χ2n) is 3.84. The summed E-state index contributed by atoms with van der Waals surface area (Å²) in [6, 6.07) is 4.27. The molecule has 0 saturated heterocycles. The minimum absolute atomic E-state index is 0.161. The molecule has 0 heterocycles. The molecule has 0 bridgehead atoms. The molecule has 1 rings (SSSR count). The second-order valence-corrected chi connectivity index (χ2v) is 4.70. The number of alkyl halides is 3. The average Bonchev–Trinajstić information content (AvgIpc) is 2.29. The normalized spacial score (nSPS) is 13.4. The molecular formula is C11H14BrF3N2O. The molecule has 0 aliphatic carbocycles. The van der Waals surface area contributed by atoms with Crippen molar-refractivity contribution in [2.45, 2.75) is 25.1 Å². The SMILES string of the molecule is COc1ccc(Br)c(CC(CC(F)(F)F)NN)c1. The van der Waals surface area contributed by atoms with Gasteiger partial charge in [-0.25, -0.2) is 0 Å². The van der Waals surface area contributed by atoms with Gasteiger partial charge < -0.3 is 4.74 Å². The van der Waals surface area contributed by atoms with Crippen LogP contribution in [0.3, 0.4) is 0 Å². The van der Waals surface area contributed by atoms with Crippen molar-refractivity contribution in [2.24, 2.45) is 5.84 Å². The zero-order chi connectivity index (χ0) is 13.8. The molecule has 0 fully saturated rings. The summed E-state index contributed by atoms with van der Waals surface area (Å²) >= 11 is 3.29. The molecule has 3 nitrogen and oxygen atoms in total. The zero-order valence-corrected chi connectivity index (χ0v) is 11.3. The summed E-state index contributed by atoms with van der Waals surface area (Å²) < 4.78 is 42.7. The molecule has 0 amide bonds.